The summed E-state index contributed by atoms with van der Waals surface area (Å²) in [7, 11) is 0. The zero-order chi connectivity index (χ0) is 16.4. The molecule has 3 aliphatic heterocycles. The second-order valence-corrected chi connectivity index (χ2v) is 6.95. The van der Waals surface area contributed by atoms with Gasteiger partial charge in [-0.3, -0.25) is 4.79 Å². The van der Waals surface area contributed by atoms with Gasteiger partial charge in [0.1, 0.15) is 16.9 Å². The van der Waals surface area contributed by atoms with Gasteiger partial charge in [-0.25, -0.2) is 4.98 Å². The number of hydrogen-bond donors (Lipinski definition) is 0. The summed E-state index contributed by atoms with van der Waals surface area (Å²) in [5.41, 5.74) is 1.83. The summed E-state index contributed by atoms with van der Waals surface area (Å²) < 4.78 is 0. The highest BCUT2D eigenvalue weighted by atomic mass is 32.2. The van der Waals surface area contributed by atoms with Crippen LogP contribution in [0.15, 0.2) is 11.1 Å². The average Bonchev–Trinajstić information content (AvgIpc) is 2.61. The largest absolute Gasteiger partial charge is 0.356 e. The van der Waals surface area contributed by atoms with Crippen LogP contribution in [0.1, 0.15) is 43.7 Å². The van der Waals surface area contributed by atoms with Gasteiger partial charge in [0.2, 0.25) is 5.91 Å². The Labute approximate surface area is 141 Å². The molecule has 0 aliphatic carbocycles. The molecule has 122 valence electrons. The third kappa shape index (κ3) is 3.02. The van der Waals surface area contributed by atoms with Gasteiger partial charge in [-0.05, 0) is 44.2 Å². The Balaban J connectivity index is 1.81. The first-order chi connectivity index (χ1) is 11.2. The standard InChI is InChI=1S/C17H22N4OS/c1-3-20(4-2)15(22)11-23-17-13(10-18)9-14-12-5-7-21(8-6-12)16(14)19-17/h9,12H,3-8,11H2,1-2H3. The van der Waals surface area contributed by atoms with E-state index in [1.807, 2.05) is 24.8 Å². The van der Waals surface area contributed by atoms with E-state index in [-0.39, 0.29) is 5.91 Å². The van der Waals surface area contributed by atoms with Crippen molar-refractivity contribution in [3.63, 3.8) is 0 Å². The van der Waals surface area contributed by atoms with Gasteiger partial charge in [0.05, 0.1) is 11.3 Å². The van der Waals surface area contributed by atoms with Crippen molar-refractivity contribution >= 4 is 23.5 Å². The molecule has 1 amide bonds. The number of pyridine rings is 1. The van der Waals surface area contributed by atoms with E-state index in [0.717, 1.165) is 31.7 Å². The molecule has 0 aromatic carbocycles. The topological polar surface area (TPSA) is 60.2 Å². The van der Waals surface area contributed by atoms with E-state index in [9.17, 15) is 10.1 Å². The summed E-state index contributed by atoms with van der Waals surface area (Å²) in [6.07, 6.45) is 2.32. The van der Waals surface area contributed by atoms with Gasteiger partial charge >= 0.3 is 0 Å². The highest BCUT2D eigenvalue weighted by molar-refractivity contribution is 8.00. The number of amides is 1. The molecule has 0 unspecified atom stereocenters. The SMILES string of the molecule is CCN(CC)C(=O)CSc1nc2c(cc1C#N)C1CCN2CC1. The molecule has 1 saturated heterocycles. The van der Waals surface area contributed by atoms with Crippen LogP contribution in [0.3, 0.4) is 0 Å². The Morgan fingerprint density at radius 3 is 2.74 bits per heavy atom. The van der Waals surface area contributed by atoms with E-state index in [1.54, 1.807) is 0 Å². The van der Waals surface area contributed by atoms with E-state index < -0.39 is 0 Å². The van der Waals surface area contributed by atoms with Crippen molar-refractivity contribution in [1.82, 2.24) is 9.88 Å². The number of thioether (sulfide) groups is 1. The summed E-state index contributed by atoms with van der Waals surface area (Å²) in [6.45, 7) is 7.50. The number of carbonyl (C=O) groups excluding carboxylic acids is 1. The van der Waals surface area contributed by atoms with Gasteiger partial charge in [-0.1, -0.05) is 11.8 Å². The summed E-state index contributed by atoms with van der Waals surface area (Å²) >= 11 is 1.39. The van der Waals surface area contributed by atoms with Crippen molar-refractivity contribution in [3.05, 3.63) is 17.2 Å². The minimum absolute atomic E-state index is 0.102. The van der Waals surface area contributed by atoms with Crippen molar-refractivity contribution in [2.45, 2.75) is 37.6 Å². The van der Waals surface area contributed by atoms with Crippen molar-refractivity contribution in [2.75, 3.05) is 36.8 Å². The summed E-state index contributed by atoms with van der Waals surface area (Å²) in [4.78, 5) is 21.0. The maximum absolute atomic E-state index is 12.2. The van der Waals surface area contributed by atoms with Crippen LogP contribution in [-0.2, 0) is 4.79 Å². The highest BCUT2D eigenvalue weighted by Crippen LogP contribution is 2.42. The van der Waals surface area contributed by atoms with Gasteiger partial charge < -0.3 is 9.80 Å². The molecule has 1 aromatic heterocycles. The molecule has 6 heteroatoms. The van der Waals surface area contributed by atoms with Crippen LogP contribution in [0.5, 0.6) is 0 Å². The van der Waals surface area contributed by atoms with Gasteiger partial charge in [0.25, 0.3) is 0 Å². The second kappa shape index (κ2) is 6.79. The van der Waals surface area contributed by atoms with Crippen molar-refractivity contribution in [3.8, 4) is 6.07 Å². The smallest absolute Gasteiger partial charge is 0.232 e. The van der Waals surface area contributed by atoms with E-state index in [0.29, 0.717) is 35.3 Å². The lowest BCUT2D eigenvalue weighted by atomic mass is 9.84. The number of aromatic nitrogens is 1. The molecule has 1 fully saturated rings. The minimum atomic E-state index is 0.102. The molecule has 0 radical (unpaired) electrons. The van der Waals surface area contributed by atoms with Gasteiger partial charge in [-0.15, -0.1) is 0 Å². The number of rotatable bonds is 5. The molecular weight excluding hydrogens is 308 g/mol. The number of nitrogens with zero attached hydrogens (tertiary/aromatic N) is 4. The van der Waals surface area contributed by atoms with E-state index in [4.69, 9.17) is 4.98 Å². The summed E-state index contributed by atoms with van der Waals surface area (Å²) in [5, 5.41) is 10.1. The molecule has 4 rings (SSSR count). The van der Waals surface area contributed by atoms with Crippen molar-refractivity contribution < 1.29 is 4.79 Å². The van der Waals surface area contributed by atoms with E-state index >= 15 is 0 Å². The Morgan fingerprint density at radius 2 is 2.13 bits per heavy atom. The van der Waals surface area contributed by atoms with Crippen LogP contribution >= 0.6 is 11.8 Å². The van der Waals surface area contributed by atoms with Crippen molar-refractivity contribution in [2.24, 2.45) is 0 Å². The predicted octanol–water partition coefficient (Wildman–Crippen LogP) is 2.61. The van der Waals surface area contributed by atoms with Crippen LogP contribution in [0.2, 0.25) is 0 Å². The fraction of sp³-hybridized carbons (Fsp3) is 0.588. The summed E-state index contributed by atoms with van der Waals surface area (Å²) in [6, 6.07) is 4.26. The lowest BCUT2D eigenvalue weighted by Crippen LogP contribution is -2.39. The number of hydrogen-bond acceptors (Lipinski definition) is 5. The fourth-order valence-electron chi connectivity index (χ4n) is 3.45. The molecule has 4 heterocycles. The van der Waals surface area contributed by atoms with Crippen LogP contribution in [0, 0.1) is 11.3 Å². The molecule has 3 aliphatic rings. The van der Waals surface area contributed by atoms with Gasteiger partial charge in [-0.2, -0.15) is 5.26 Å². The first-order valence-electron chi connectivity index (χ1n) is 8.28. The molecule has 2 bridgehead atoms. The Kier molecular flexibility index (Phi) is 4.76. The number of piperidine rings is 1. The fourth-order valence-corrected chi connectivity index (χ4v) is 4.30. The second-order valence-electron chi connectivity index (χ2n) is 5.98. The zero-order valence-electron chi connectivity index (χ0n) is 13.7. The summed E-state index contributed by atoms with van der Waals surface area (Å²) in [5.74, 6) is 2.02. The predicted molar refractivity (Wildman–Crippen MR) is 91.8 cm³/mol. The number of carbonyl (C=O) groups is 1. The van der Waals surface area contributed by atoms with Crippen LogP contribution < -0.4 is 4.90 Å². The zero-order valence-corrected chi connectivity index (χ0v) is 14.5. The lowest BCUT2D eigenvalue weighted by molar-refractivity contribution is -0.127. The first kappa shape index (κ1) is 16.1. The number of nitriles is 1. The van der Waals surface area contributed by atoms with Gasteiger partial charge in [0.15, 0.2) is 0 Å². The molecule has 0 saturated carbocycles. The van der Waals surface area contributed by atoms with Crippen molar-refractivity contribution in [1.29, 1.82) is 5.26 Å². The molecule has 23 heavy (non-hydrogen) atoms. The molecular formula is C17H22N4OS. The maximum Gasteiger partial charge on any atom is 0.232 e. The van der Waals surface area contributed by atoms with E-state index in [1.165, 1.54) is 17.3 Å². The van der Waals surface area contributed by atoms with Crippen LogP contribution in [-0.4, -0.2) is 47.7 Å². The van der Waals surface area contributed by atoms with E-state index in [2.05, 4.69) is 11.0 Å². The quantitative estimate of drug-likeness (QED) is 0.777. The molecule has 0 spiro atoms. The lowest BCUT2D eigenvalue weighted by Gasteiger charge is -2.41. The Hall–Kier alpha value is -1.74. The maximum atomic E-state index is 12.2. The Morgan fingerprint density at radius 1 is 1.43 bits per heavy atom. The van der Waals surface area contributed by atoms with Crippen LogP contribution in [0.4, 0.5) is 5.82 Å². The third-order valence-corrected chi connectivity index (χ3v) is 5.78. The van der Waals surface area contributed by atoms with Crippen LogP contribution in [0.25, 0.3) is 0 Å². The highest BCUT2D eigenvalue weighted by Gasteiger charge is 2.33. The molecule has 5 nitrogen and oxygen atoms in total. The molecule has 1 aromatic rings. The third-order valence-electron chi connectivity index (χ3n) is 4.80. The minimum Gasteiger partial charge on any atom is -0.356 e. The number of fused-ring (bicyclic) bond motifs is 2. The van der Waals surface area contributed by atoms with Gasteiger partial charge in [0, 0.05) is 26.2 Å². The average molecular weight is 330 g/mol. The normalized spacial score (nSPS) is 16.1. The Bertz CT molecular complexity index is 643. The first-order valence-corrected chi connectivity index (χ1v) is 9.27. The number of anilines is 1. The molecule has 0 N–H and O–H groups in total. The molecule has 0 atom stereocenters. The monoisotopic (exact) mass is 330 g/mol.